The van der Waals surface area contributed by atoms with E-state index >= 15 is 0 Å². The molecule has 2 aliphatic heterocycles. The van der Waals surface area contributed by atoms with Crippen LogP contribution in [0.25, 0.3) is 0 Å². The van der Waals surface area contributed by atoms with E-state index in [-0.39, 0.29) is 11.5 Å². The van der Waals surface area contributed by atoms with Crippen molar-refractivity contribution in [3.8, 4) is 0 Å². The van der Waals surface area contributed by atoms with Gasteiger partial charge < -0.3 is 14.5 Å². The SMILES string of the molecule is CCN1CC2(CCN(C(=O)OC)CC2)c2ccccc21. The minimum atomic E-state index is -0.196. The van der Waals surface area contributed by atoms with E-state index in [1.807, 2.05) is 4.90 Å². The molecule has 1 saturated heterocycles. The number of nitrogens with zero attached hydrogens (tertiary/aromatic N) is 2. The van der Waals surface area contributed by atoms with E-state index in [4.69, 9.17) is 4.74 Å². The largest absolute Gasteiger partial charge is 0.453 e. The number of carbonyl (C=O) groups excluding carboxylic acids is 1. The van der Waals surface area contributed by atoms with Crippen molar-refractivity contribution in [2.24, 2.45) is 0 Å². The van der Waals surface area contributed by atoms with E-state index in [9.17, 15) is 4.79 Å². The number of hydrogen-bond donors (Lipinski definition) is 0. The summed E-state index contributed by atoms with van der Waals surface area (Å²) in [5.74, 6) is 0. The zero-order chi connectivity index (χ0) is 14.2. The van der Waals surface area contributed by atoms with Crippen molar-refractivity contribution in [3.05, 3.63) is 29.8 Å². The molecule has 108 valence electrons. The van der Waals surface area contributed by atoms with Crippen molar-refractivity contribution in [2.45, 2.75) is 25.2 Å². The second kappa shape index (κ2) is 5.00. The lowest BCUT2D eigenvalue weighted by atomic mass is 9.74. The predicted octanol–water partition coefficient (Wildman–Crippen LogP) is 2.63. The summed E-state index contributed by atoms with van der Waals surface area (Å²) in [5, 5.41) is 0. The summed E-state index contributed by atoms with van der Waals surface area (Å²) in [7, 11) is 1.45. The molecule has 0 bridgehead atoms. The fraction of sp³-hybridized carbons (Fsp3) is 0.562. The summed E-state index contributed by atoms with van der Waals surface area (Å²) in [6.07, 6.45) is 1.85. The van der Waals surface area contributed by atoms with Crippen molar-refractivity contribution < 1.29 is 9.53 Å². The maximum atomic E-state index is 11.6. The van der Waals surface area contributed by atoms with Gasteiger partial charge in [0, 0.05) is 37.3 Å². The van der Waals surface area contributed by atoms with Gasteiger partial charge in [-0.05, 0) is 31.4 Å². The topological polar surface area (TPSA) is 32.8 Å². The second-order valence-electron chi connectivity index (χ2n) is 5.77. The number of anilines is 1. The highest BCUT2D eigenvalue weighted by Gasteiger charge is 2.44. The fourth-order valence-electron chi connectivity index (χ4n) is 3.69. The number of rotatable bonds is 1. The molecule has 1 amide bonds. The number of carbonyl (C=O) groups is 1. The maximum Gasteiger partial charge on any atom is 0.409 e. The minimum absolute atomic E-state index is 0.196. The molecule has 0 atom stereocenters. The third-order valence-electron chi connectivity index (χ3n) is 4.84. The average Bonchev–Trinajstić information content (AvgIpc) is 2.82. The van der Waals surface area contributed by atoms with Gasteiger partial charge in [-0.2, -0.15) is 0 Å². The van der Waals surface area contributed by atoms with E-state index in [2.05, 4.69) is 36.1 Å². The highest BCUT2D eigenvalue weighted by molar-refractivity contribution is 5.68. The molecule has 4 heteroatoms. The van der Waals surface area contributed by atoms with Crippen LogP contribution in [0, 0.1) is 0 Å². The Morgan fingerprint density at radius 1 is 1.30 bits per heavy atom. The monoisotopic (exact) mass is 274 g/mol. The smallest absolute Gasteiger partial charge is 0.409 e. The van der Waals surface area contributed by atoms with Gasteiger partial charge in [-0.15, -0.1) is 0 Å². The maximum absolute atomic E-state index is 11.6. The Morgan fingerprint density at radius 2 is 2.00 bits per heavy atom. The van der Waals surface area contributed by atoms with Gasteiger partial charge in [-0.3, -0.25) is 0 Å². The molecule has 1 aromatic rings. The van der Waals surface area contributed by atoms with Crippen molar-refractivity contribution in [1.82, 2.24) is 4.90 Å². The first-order valence-corrected chi connectivity index (χ1v) is 7.37. The zero-order valence-electron chi connectivity index (χ0n) is 12.3. The number of fused-ring (bicyclic) bond motifs is 2. The Kier molecular flexibility index (Phi) is 3.32. The quantitative estimate of drug-likeness (QED) is 0.789. The predicted molar refractivity (Wildman–Crippen MR) is 79.2 cm³/mol. The van der Waals surface area contributed by atoms with Crippen molar-refractivity contribution >= 4 is 11.8 Å². The van der Waals surface area contributed by atoms with Crippen molar-refractivity contribution in [1.29, 1.82) is 0 Å². The number of ether oxygens (including phenoxy) is 1. The van der Waals surface area contributed by atoms with Crippen LogP contribution in [0.4, 0.5) is 10.5 Å². The molecule has 0 N–H and O–H groups in total. The third-order valence-corrected chi connectivity index (χ3v) is 4.84. The summed E-state index contributed by atoms with van der Waals surface area (Å²) in [4.78, 5) is 15.9. The highest BCUT2D eigenvalue weighted by Crippen LogP contribution is 2.46. The normalized spacial score (nSPS) is 20.1. The molecular weight excluding hydrogens is 252 g/mol. The summed E-state index contributed by atoms with van der Waals surface area (Å²) in [6.45, 7) is 5.91. The summed E-state index contributed by atoms with van der Waals surface area (Å²) >= 11 is 0. The molecule has 1 aromatic carbocycles. The highest BCUT2D eigenvalue weighted by atomic mass is 16.5. The number of para-hydroxylation sites is 1. The van der Waals surface area contributed by atoms with E-state index in [0.29, 0.717) is 0 Å². The summed E-state index contributed by atoms with van der Waals surface area (Å²) in [6, 6.07) is 8.73. The first kappa shape index (κ1) is 13.3. The lowest BCUT2D eigenvalue weighted by Gasteiger charge is -2.39. The summed E-state index contributed by atoms with van der Waals surface area (Å²) in [5.41, 5.74) is 3.06. The molecule has 0 radical (unpaired) electrons. The standard InChI is InChI=1S/C16H22N2O2/c1-3-17-12-16(13-6-4-5-7-14(13)17)8-10-18(11-9-16)15(19)20-2/h4-7H,3,8-12H2,1-2H3. The third kappa shape index (κ3) is 1.94. The van der Waals surface area contributed by atoms with Gasteiger partial charge >= 0.3 is 6.09 Å². The van der Waals surface area contributed by atoms with Gasteiger partial charge in [0.1, 0.15) is 0 Å². The van der Waals surface area contributed by atoms with Crippen LogP contribution in [0.3, 0.4) is 0 Å². The lowest BCUT2D eigenvalue weighted by molar-refractivity contribution is 0.101. The first-order chi connectivity index (χ1) is 9.70. The van der Waals surface area contributed by atoms with Crippen LogP contribution in [0.2, 0.25) is 0 Å². The van der Waals surface area contributed by atoms with Crippen LogP contribution in [-0.2, 0) is 10.2 Å². The van der Waals surface area contributed by atoms with Crippen LogP contribution in [0.1, 0.15) is 25.3 Å². The fourth-order valence-corrected chi connectivity index (χ4v) is 3.69. The second-order valence-corrected chi connectivity index (χ2v) is 5.77. The number of piperidine rings is 1. The Balaban J connectivity index is 1.84. The molecule has 0 aromatic heterocycles. The molecular formula is C16H22N2O2. The molecule has 0 saturated carbocycles. The molecule has 0 aliphatic carbocycles. The first-order valence-electron chi connectivity index (χ1n) is 7.37. The Hall–Kier alpha value is -1.71. The van der Waals surface area contributed by atoms with Crippen molar-refractivity contribution in [3.63, 3.8) is 0 Å². The van der Waals surface area contributed by atoms with Crippen LogP contribution in [0.5, 0.6) is 0 Å². The molecule has 20 heavy (non-hydrogen) atoms. The number of likely N-dealkylation sites (N-methyl/N-ethyl adjacent to an activating group) is 1. The molecule has 0 unspecified atom stereocenters. The Bertz CT molecular complexity index is 507. The van der Waals surface area contributed by atoms with Gasteiger partial charge in [0.25, 0.3) is 0 Å². The van der Waals surface area contributed by atoms with E-state index in [1.54, 1.807) is 0 Å². The molecule has 3 rings (SSSR count). The van der Waals surface area contributed by atoms with Gasteiger partial charge in [0.2, 0.25) is 0 Å². The van der Waals surface area contributed by atoms with E-state index in [1.165, 1.54) is 18.4 Å². The Morgan fingerprint density at radius 3 is 2.65 bits per heavy atom. The number of likely N-dealkylation sites (tertiary alicyclic amines) is 1. The Labute approximate surface area is 120 Å². The lowest BCUT2D eigenvalue weighted by Crippen LogP contribution is -2.47. The number of hydrogen-bond acceptors (Lipinski definition) is 3. The average molecular weight is 274 g/mol. The van der Waals surface area contributed by atoms with E-state index < -0.39 is 0 Å². The minimum Gasteiger partial charge on any atom is -0.453 e. The van der Waals surface area contributed by atoms with Crippen LogP contribution < -0.4 is 4.90 Å². The van der Waals surface area contributed by atoms with Crippen LogP contribution in [0.15, 0.2) is 24.3 Å². The van der Waals surface area contributed by atoms with Gasteiger partial charge in [-0.1, -0.05) is 18.2 Å². The van der Waals surface area contributed by atoms with Crippen LogP contribution >= 0.6 is 0 Å². The molecule has 2 heterocycles. The zero-order valence-corrected chi connectivity index (χ0v) is 12.3. The molecule has 1 fully saturated rings. The van der Waals surface area contributed by atoms with Crippen molar-refractivity contribution in [2.75, 3.05) is 38.2 Å². The van der Waals surface area contributed by atoms with Gasteiger partial charge in [0.05, 0.1) is 7.11 Å². The number of amides is 1. The number of methoxy groups -OCH3 is 1. The van der Waals surface area contributed by atoms with Gasteiger partial charge in [0.15, 0.2) is 0 Å². The molecule has 2 aliphatic rings. The summed E-state index contributed by atoms with van der Waals surface area (Å²) < 4.78 is 4.83. The number of benzene rings is 1. The molecule has 1 spiro atoms. The van der Waals surface area contributed by atoms with Crippen LogP contribution in [-0.4, -0.2) is 44.3 Å². The molecule has 4 nitrogen and oxygen atoms in total. The van der Waals surface area contributed by atoms with Gasteiger partial charge in [-0.25, -0.2) is 4.79 Å². The van der Waals surface area contributed by atoms with E-state index in [0.717, 1.165) is 39.0 Å².